The first kappa shape index (κ1) is 18.3. The number of benzene rings is 3. The Morgan fingerprint density at radius 3 is 2.52 bits per heavy atom. The molecule has 0 aliphatic rings. The van der Waals surface area contributed by atoms with Crippen molar-refractivity contribution in [1.82, 2.24) is 4.98 Å². The molecule has 0 amide bonds. The summed E-state index contributed by atoms with van der Waals surface area (Å²) in [4.78, 5) is 3.66. The number of nitrogens with two attached hydrogens (primary N) is 1. The molecule has 0 atom stereocenters. The van der Waals surface area contributed by atoms with Crippen LogP contribution in [0, 0.1) is 3.57 Å². The molecule has 1 aromatic heterocycles. The highest BCUT2D eigenvalue weighted by Crippen LogP contribution is 2.39. The quantitative estimate of drug-likeness (QED) is 0.273. The summed E-state index contributed by atoms with van der Waals surface area (Å²) in [6, 6.07) is 19.3. The molecule has 1 heterocycles. The van der Waals surface area contributed by atoms with Crippen molar-refractivity contribution < 1.29 is 4.74 Å². The first-order valence-corrected chi connectivity index (χ1v) is 10.4. The number of nitrogens with one attached hydrogen (secondary N) is 1. The Labute approximate surface area is 173 Å². The van der Waals surface area contributed by atoms with Crippen LogP contribution in [-0.2, 0) is 6.42 Å². The Morgan fingerprint density at radius 1 is 1.00 bits per heavy atom. The van der Waals surface area contributed by atoms with Crippen LogP contribution in [0.4, 0.5) is 0 Å². The van der Waals surface area contributed by atoms with Gasteiger partial charge in [-0.2, -0.15) is 0 Å². The van der Waals surface area contributed by atoms with Crippen molar-refractivity contribution in [3.63, 3.8) is 0 Å². The maximum atomic E-state index is 5.77. The summed E-state index contributed by atoms with van der Waals surface area (Å²) in [5.41, 5.74) is 10.5. The fraction of sp³-hybridized carbons (Fsp3) is 0.217. The van der Waals surface area contributed by atoms with Crippen molar-refractivity contribution in [2.75, 3.05) is 13.7 Å². The zero-order chi connectivity index (χ0) is 18.8. The van der Waals surface area contributed by atoms with Crippen LogP contribution in [0.3, 0.4) is 0 Å². The Balaban J connectivity index is 1.94. The second-order valence-electron chi connectivity index (χ2n) is 6.81. The zero-order valence-corrected chi connectivity index (χ0v) is 17.5. The van der Waals surface area contributed by atoms with E-state index in [-0.39, 0.29) is 0 Å². The van der Waals surface area contributed by atoms with Gasteiger partial charge in [-0.25, -0.2) is 0 Å². The van der Waals surface area contributed by atoms with Crippen LogP contribution in [-0.4, -0.2) is 18.6 Å². The van der Waals surface area contributed by atoms with Gasteiger partial charge in [0.1, 0.15) is 5.75 Å². The SMILES string of the molecule is COc1cc2ccccc2cc1-c1[nH]c2ccc(I)cc2c1CCCCN. The van der Waals surface area contributed by atoms with E-state index in [1.807, 2.05) is 0 Å². The van der Waals surface area contributed by atoms with E-state index in [4.69, 9.17) is 10.5 Å². The lowest BCUT2D eigenvalue weighted by molar-refractivity contribution is 0.417. The van der Waals surface area contributed by atoms with Crippen molar-refractivity contribution >= 4 is 44.3 Å². The minimum atomic E-state index is 0.731. The highest BCUT2D eigenvalue weighted by molar-refractivity contribution is 14.1. The van der Waals surface area contributed by atoms with Crippen molar-refractivity contribution in [3.05, 3.63) is 63.7 Å². The molecular weight excluding hydrogens is 447 g/mol. The Kier molecular flexibility index (Phi) is 5.36. The maximum absolute atomic E-state index is 5.77. The topological polar surface area (TPSA) is 51.0 Å². The number of ether oxygens (including phenoxy) is 1. The normalized spacial score (nSPS) is 11.4. The Morgan fingerprint density at radius 2 is 1.78 bits per heavy atom. The third-order valence-corrected chi connectivity index (χ3v) is 5.76. The average molecular weight is 470 g/mol. The van der Waals surface area contributed by atoms with Gasteiger partial charge in [-0.3, -0.25) is 0 Å². The largest absolute Gasteiger partial charge is 0.496 e. The molecule has 0 bridgehead atoms. The van der Waals surface area contributed by atoms with E-state index >= 15 is 0 Å². The highest BCUT2D eigenvalue weighted by Gasteiger charge is 2.17. The molecule has 3 nitrogen and oxygen atoms in total. The van der Waals surface area contributed by atoms with E-state index < -0.39 is 0 Å². The standard InChI is InChI=1S/C23H23IN2O/c1-27-22-13-16-7-3-2-6-15(16)12-20(22)23-18(8-4-5-11-25)19-14-17(24)9-10-21(19)26-23/h2-3,6-7,9-10,12-14,26H,4-5,8,11,25H2,1H3. The summed E-state index contributed by atoms with van der Waals surface area (Å²) in [5, 5.41) is 3.70. The maximum Gasteiger partial charge on any atom is 0.128 e. The van der Waals surface area contributed by atoms with Gasteiger partial charge in [0.15, 0.2) is 0 Å². The highest BCUT2D eigenvalue weighted by atomic mass is 127. The van der Waals surface area contributed by atoms with Gasteiger partial charge in [-0.1, -0.05) is 24.3 Å². The van der Waals surface area contributed by atoms with Gasteiger partial charge in [0.05, 0.1) is 12.8 Å². The van der Waals surface area contributed by atoms with Gasteiger partial charge < -0.3 is 15.5 Å². The van der Waals surface area contributed by atoms with Gasteiger partial charge in [0.2, 0.25) is 0 Å². The number of methoxy groups -OCH3 is 1. The molecule has 0 unspecified atom stereocenters. The number of aromatic nitrogens is 1. The molecule has 0 aliphatic carbocycles. The molecule has 0 saturated heterocycles. The molecule has 0 fully saturated rings. The van der Waals surface area contributed by atoms with E-state index in [2.05, 4.69) is 82.2 Å². The van der Waals surface area contributed by atoms with Crippen molar-refractivity contribution in [2.24, 2.45) is 5.73 Å². The average Bonchev–Trinajstić information content (AvgIpc) is 3.04. The van der Waals surface area contributed by atoms with Gasteiger partial charge in [-0.05, 0) is 95.1 Å². The number of hydrogen-bond donors (Lipinski definition) is 2. The van der Waals surface area contributed by atoms with Crippen LogP contribution in [0.1, 0.15) is 18.4 Å². The lowest BCUT2D eigenvalue weighted by atomic mass is 9.97. The van der Waals surface area contributed by atoms with E-state index in [1.165, 1.54) is 30.8 Å². The summed E-state index contributed by atoms with van der Waals surface area (Å²) in [7, 11) is 1.74. The van der Waals surface area contributed by atoms with Crippen molar-refractivity contribution in [1.29, 1.82) is 0 Å². The van der Waals surface area contributed by atoms with Crippen LogP contribution >= 0.6 is 22.6 Å². The molecule has 0 spiro atoms. The molecule has 3 N–H and O–H groups in total. The summed E-state index contributed by atoms with van der Waals surface area (Å²) in [6.45, 7) is 0.731. The van der Waals surface area contributed by atoms with Gasteiger partial charge in [0.25, 0.3) is 0 Å². The second kappa shape index (κ2) is 7.90. The number of unbranched alkanes of at least 4 members (excludes halogenated alkanes) is 1. The molecule has 0 radical (unpaired) electrons. The van der Waals surface area contributed by atoms with Gasteiger partial charge in [-0.15, -0.1) is 0 Å². The number of H-pyrrole nitrogens is 1. The fourth-order valence-electron chi connectivity index (χ4n) is 3.74. The predicted octanol–water partition coefficient (Wildman–Crippen LogP) is 5.88. The molecule has 27 heavy (non-hydrogen) atoms. The monoisotopic (exact) mass is 470 g/mol. The lowest BCUT2D eigenvalue weighted by Crippen LogP contribution is -1.99. The zero-order valence-electron chi connectivity index (χ0n) is 15.4. The minimum Gasteiger partial charge on any atom is -0.496 e. The summed E-state index contributed by atoms with van der Waals surface area (Å²) in [6.07, 6.45) is 3.12. The molecule has 138 valence electrons. The van der Waals surface area contributed by atoms with Crippen LogP contribution in [0.25, 0.3) is 32.9 Å². The molecular formula is C23H23IN2O. The lowest BCUT2D eigenvalue weighted by Gasteiger charge is -2.12. The first-order chi connectivity index (χ1) is 13.2. The number of aromatic amines is 1. The van der Waals surface area contributed by atoms with E-state index in [1.54, 1.807) is 7.11 Å². The van der Waals surface area contributed by atoms with Crippen molar-refractivity contribution in [3.8, 4) is 17.0 Å². The third-order valence-electron chi connectivity index (χ3n) is 5.09. The molecule has 4 aromatic rings. The number of hydrogen-bond acceptors (Lipinski definition) is 2. The first-order valence-electron chi connectivity index (χ1n) is 9.28. The van der Waals surface area contributed by atoms with Crippen molar-refractivity contribution in [2.45, 2.75) is 19.3 Å². The summed E-state index contributed by atoms with van der Waals surface area (Å²) >= 11 is 2.38. The number of aryl methyl sites for hydroxylation is 1. The number of halogens is 1. The second-order valence-corrected chi connectivity index (χ2v) is 8.06. The minimum absolute atomic E-state index is 0.731. The van der Waals surface area contributed by atoms with Crippen LogP contribution < -0.4 is 10.5 Å². The van der Waals surface area contributed by atoms with E-state index in [0.717, 1.165) is 42.8 Å². The Bertz CT molecular complexity index is 1100. The molecule has 3 aromatic carbocycles. The van der Waals surface area contributed by atoms with Gasteiger partial charge >= 0.3 is 0 Å². The van der Waals surface area contributed by atoms with E-state index in [9.17, 15) is 0 Å². The molecule has 0 aliphatic heterocycles. The third kappa shape index (κ3) is 3.56. The summed E-state index contributed by atoms with van der Waals surface area (Å²) < 4.78 is 7.01. The summed E-state index contributed by atoms with van der Waals surface area (Å²) in [5.74, 6) is 0.898. The van der Waals surface area contributed by atoms with Crippen LogP contribution in [0.15, 0.2) is 54.6 Å². The van der Waals surface area contributed by atoms with E-state index in [0.29, 0.717) is 0 Å². The number of fused-ring (bicyclic) bond motifs is 2. The smallest absolute Gasteiger partial charge is 0.128 e. The van der Waals surface area contributed by atoms with Crippen LogP contribution in [0.5, 0.6) is 5.75 Å². The molecule has 4 rings (SSSR count). The number of rotatable bonds is 6. The molecule has 4 heteroatoms. The predicted molar refractivity (Wildman–Crippen MR) is 123 cm³/mol. The van der Waals surface area contributed by atoms with Gasteiger partial charge in [0, 0.05) is 20.0 Å². The fourth-order valence-corrected chi connectivity index (χ4v) is 4.23. The Hall–Kier alpha value is -2.05. The van der Waals surface area contributed by atoms with Crippen LogP contribution in [0.2, 0.25) is 0 Å². The molecule has 0 saturated carbocycles.